The van der Waals surface area contributed by atoms with E-state index < -0.39 is 0 Å². The number of rotatable bonds is 4. The standard InChI is InChI=1S/C18H19Cl2N3/c19-17-7-6-16(12-18(17)20)13-21-23-10-8-22(9-11-23)14-15-4-2-1-3-5-15/h1-7,12-13H,8-11,14H2/p+1. The van der Waals surface area contributed by atoms with Crippen molar-refractivity contribution in [3.63, 3.8) is 0 Å². The summed E-state index contributed by atoms with van der Waals surface area (Å²) in [5.74, 6) is 0. The van der Waals surface area contributed by atoms with Gasteiger partial charge in [-0.2, -0.15) is 5.10 Å². The Balaban J connectivity index is 1.50. The van der Waals surface area contributed by atoms with Crippen LogP contribution in [0.25, 0.3) is 0 Å². The summed E-state index contributed by atoms with van der Waals surface area (Å²) < 4.78 is 0. The molecule has 0 radical (unpaired) electrons. The lowest BCUT2D eigenvalue weighted by molar-refractivity contribution is -0.918. The molecule has 1 aliphatic rings. The van der Waals surface area contributed by atoms with Gasteiger partial charge in [0.15, 0.2) is 0 Å². The molecule has 3 nitrogen and oxygen atoms in total. The SMILES string of the molecule is Clc1ccc(C=NN2CC[NH+](Cc3ccccc3)CC2)cc1Cl. The highest BCUT2D eigenvalue weighted by Crippen LogP contribution is 2.21. The first kappa shape index (κ1) is 16.3. The van der Waals surface area contributed by atoms with Crippen molar-refractivity contribution in [2.75, 3.05) is 26.2 Å². The molecule has 5 heteroatoms. The number of nitrogens with one attached hydrogen (secondary N) is 1. The number of halogens is 2. The van der Waals surface area contributed by atoms with Crippen LogP contribution in [0.3, 0.4) is 0 Å². The Bertz CT molecular complexity index is 665. The molecule has 0 amide bonds. The average Bonchev–Trinajstić information content (AvgIpc) is 2.58. The fraction of sp³-hybridized carbons (Fsp3) is 0.278. The Labute approximate surface area is 147 Å². The predicted octanol–water partition coefficient (Wildman–Crippen LogP) is 2.73. The molecule has 2 aromatic rings. The normalized spacial score (nSPS) is 16.2. The molecule has 0 bridgehead atoms. The van der Waals surface area contributed by atoms with E-state index >= 15 is 0 Å². The van der Waals surface area contributed by atoms with Gasteiger partial charge in [0.2, 0.25) is 0 Å². The van der Waals surface area contributed by atoms with Crippen LogP contribution in [0.2, 0.25) is 10.0 Å². The molecule has 0 spiro atoms. The van der Waals surface area contributed by atoms with Crippen molar-refractivity contribution in [1.29, 1.82) is 0 Å². The van der Waals surface area contributed by atoms with Crippen LogP contribution >= 0.6 is 23.2 Å². The van der Waals surface area contributed by atoms with Gasteiger partial charge in [0, 0.05) is 5.56 Å². The largest absolute Gasteiger partial charge is 0.328 e. The number of quaternary nitrogens is 1. The maximum absolute atomic E-state index is 6.02. The summed E-state index contributed by atoms with van der Waals surface area (Å²) in [6.07, 6.45) is 1.85. The fourth-order valence-corrected chi connectivity index (χ4v) is 3.04. The Kier molecular flexibility index (Phi) is 5.55. The number of nitrogens with zero attached hydrogens (tertiary/aromatic N) is 2. The van der Waals surface area contributed by atoms with Gasteiger partial charge in [-0.25, -0.2) is 0 Å². The molecule has 2 aromatic carbocycles. The minimum atomic E-state index is 0.563. The van der Waals surface area contributed by atoms with Gasteiger partial charge in [-0.1, -0.05) is 59.6 Å². The summed E-state index contributed by atoms with van der Waals surface area (Å²) in [6, 6.07) is 16.2. The topological polar surface area (TPSA) is 20.0 Å². The molecule has 23 heavy (non-hydrogen) atoms. The maximum atomic E-state index is 6.02. The third-order valence-corrected chi connectivity index (χ3v) is 4.80. The van der Waals surface area contributed by atoms with E-state index in [1.165, 1.54) is 5.56 Å². The molecule has 0 atom stereocenters. The quantitative estimate of drug-likeness (QED) is 0.842. The van der Waals surface area contributed by atoms with Gasteiger partial charge in [0.1, 0.15) is 6.54 Å². The van der Waals surface area contributed by atoms with Gasteiger partial charge >= 0.3 is 0 Å². The van der Waals surface area contributed by atoms with Gasteiger partial charge in [0.05, 0.1) is 42.4 Å². The van der Waals surface area contributed by atoms with Crippen LogP contribution in [0.5, 0.6) is 0 Å². The second-order valence-electron chi connectivity index (χ2n) is 5.78. The van der Waals surface area contributed by atoms with Gasteiger partial charge in [0.25, 0.3) is 0 Å². The molecule has 1 saturated heterocycles. The van der Waals surface area contributed by atoms with Crippen molar-refractivity contribution < 1.29 is 4.90 Å². The van der Waals surface area contributed by atoms with E-state index in [-0.39, 0.29) is 0 Å². The average molecular weight is 349 g/mol. The number of piperazine rings is 1. The van der Waals surface area contributed by atoms with Crippen LogP contribution in [0, 0.1) is 0 Å². The fourth-order valence-electron chi connectivity index (χ4n) is 2.73. The van der Waals surface area contributed by atoms with E-state index in [4.69, 9.17) is 23.2 Å². The molecule has 0 saturated carbocycles. The van der Waals surface area contributed by atoms with Crippen LogP contribution in [-0.2, 0) is 6.54 Å². The highest BCUT2D eigenvalue weighted by atomic mass is 35.5. The minimum absolute atomic E-state index is 0.563. The number of hydrogen-bond donors (Lipinski definition) is 1. The Morgan fingerprint density at radius 1 is 1.00 bits per heavy atom. The number of benzene rings is 2. The Morgan fingerprint density at radius 2 is 1.74 bits per heavy atom. The van der Waals surface area contributed by atoms with Gasteiger partial charge < -0.3 is 4.90 Å². The summed E-state index contributed by atoms with van der Waals surface area (Å²) >= 11 is 11.9. The molecule has 1 heterocycles. The van der Waals surface area contributed by atoms with E-state index in [0.29, 0.717) is 10.0 Å². The summed E-state index contributed by atoms with van der Waals surface area (Å²) in [7, 11) is 0. The summed E-state index contributed by atoms with van der Waals surface area (Å²) in [4.78, 5) is 1.61. The van der Waals surface area contributed by atoms with Crippen molar-refractivity contribution in [2.24, 2.45) is 5.10 Å². The lowest BCUT2D eigenvalue weighted by Gasteiger charge is -2.30. The van der Waals surface area contributed by atoms with Crippen molar-refractivity contribution in [3.8, 4) is 0 Å². The predicted molar refractivity (Wildman–Crippen MR) is 96.5 cm³/mol. The van der Waals surface area contributed by atoms with Crippen molar-refractivity contribution in [3.05, 3.63) is 69.7 Å². The van der Waals surface area contributed by atoms with Crippen molar-refractivity contribution in [1.82, 2.24) is 5.01 Å². The van der Waals surface area contributed by atoms with E-state index in [9.17, 15) is 0 Å². The van der Waals surface area contributed by atoms with Crippen LogP contribution in [-0.4, -0.2) is 37.4 Å². The summed E-state index contributed by atoms with van der Waals surface area (Å²) in [6.45, 7) is 5.24. The summed E-state index contributed by atoms with van der Waals surface area (Å²) in [5.41, 5.74) is 2.37. The zero-order valence-electron chi connectivity index (χ0n) is 12.9. The number of hydrazone groups is 1. The first-order chi connectivity index (χ1) is 11.2. The second kappa shape index (κ2) is 7.82. The van der Waals surface area contributed by atoms with Gasteiger partial charge in [-0.3, -0.25) is 5.01 Å². The molecule has 3 rings (SSSR count). The monoisotopic (exact) mass is 348 g/mol. The Hall–Kier alpha value is -1.55. The van der Waals surface area contributed by atoms with Crippen LogP contribution in [0.4, 0.5) is 0 Å². The van der Waals surface area contributed by atoms with E-state index in [1.54, 1.807) is 11.0 Å². The zero-order chi connectivity index (χ0) is 16.1. The first-order valence-electron chi connectivity index (χ1n) is 7.82. The number of hydrogen-bond acceptors (Lipinski definition) is 2. The Morgan fingerprint density at radius 3 is 2.43 bits per heavy atom. The molecular formula is C18H20Cl2N3+. The third kappa shape index (κ3) is 4.71. The smallest absolute Gasteiger partial charge is 0.103 e. The maximum Gasteiger partial charge on any atom is 0.103 e. The zero-order valence-corrected chi connectivity index (χ0v) is 14.4. The minimum Gasteiger partial charge on any atom is -0.328 e. The van der Waals surface area contributed by atoms with Crippen LogP contribution in [0.1, 0.15) is 11.1 Å². The molecule has 0 aliphatic carbocycles. The first-order valence-corrected chi connectivity index (χ1v) is 8.58. The highest BCUT2D eigenvalue weighted by Gasteiger charge is 2.18. The lowest BCUT2D eigenvalue weighted by atomic mass is 10.2. The molecular weight excluding hydrogens is 329 g/mol. The molecule has 120 valence electrons. The van der Waals surface area contributed by atoms with Crippen molar-refractivity contribution in [2.45, 2.75) is 6.54 Å². The van der Waals surface area contributed by atoms with E-state index in [0.717, 1.165) is 38.3 Å². The van der Waals surface area contributed by atoms with Crippen molar-refractivity contribution >= 4 is 29.4 Å². The molecule has 0 unspecified atom stereocenters. The molecule has 1 N–H and O–H groups in total. The van der Waals surface area contributed by atoms with Gasteiger partial charge in [-0.15, -0.1) is 0 Å². The van der Waals surface area contributed by atoms with Crippen LogP contribution in [0.15, 0.2) is 53.6 Å². The molecule has 0 aromatic heterocycles. The summed E-state index contributed by atoms with van der Waals surface area (Å²) in [5, 5.41) is 7.81. The van der Waals surface area contributed by atoms with E-state index in [1.807, 2.05) is 18.3 Å². The van der Waals surface area contributed by atoms with Gasteiger partial charge in [-0.05, 0) is 17.7 Å². The lowest BCUT2D eigenvalue weighted by Crippen LogP contribution is -3.13. The molecule has 1 fully saturated rings. The third-order valence-electron chi connectivity index (χ3n) is 4.06. The second-order valence-corrected chi connectivity index (χ2v) is 6.60. The van der Waals surface area contributed by atoms with E-state index in [2.05, 4.69) is 40.4 Å². The van der Waals surface area contributed by atoms with Crippen LogP contribution < -0.4 is 4.90 Å². The highest BCUT2D eigenvalue weighted by molar-refractivity contribution is 6.42. The molecule has 1 aliphatic heterocycles.